The van der Waals surface area contributed by atoms with Gasteiger partial charge in [0.2, 0.25) is 0 Å². The van der Waals surface area contributed by atoms with Crippen molar-refractivity contribution in [3.8, 4) is 18.1 Å². The summed E-state index contributed by atoms with van der Waals surface area (Å²) in [7, 11) is 0. The second kappa shape index (κ2) is 5.06. The van der Waals surface area contributed by atoms with Gasteiger partial charge in [0.1, 0.15) is 5.75 Å². The van der Waals surface area contributed by atoms with E-state index in [2.05, 4.69) is 11.1 Å². The molecule has 1 N–H and O–H groups in total. The molecule has 0 bridgehead atoms. The Morgan fingerprint density at radius 1 is 1.60 bits per heavy atom. The number of aryl methyl sites for hydroxylation is 1. The molecule has 0 atom stereocenters. The number of phenolic OH excluding ortho intramolecular Hbond substituents is 1. The zero-order chi connectivity index (χ0) is 11.3. The fourth-order valence-corrected chi connectivity index (χ4v) is 1.10. The van der Waals surface area contributed by atoms with Crippen molar-refractivity contribution in [3.63, 3.8) is 0 Å². The van der Waals surface area contributed by atoms with Crippen LogP contribution in [0, 0.1) is 19.3 Å². The lowest BCUT2D eigenvalue weighted by atomic mass is 10.1. The number of nitrogens with zero attached hydrogens (tertiary/aromatic N) is 1. The third-order valence-corrected chi connectivity index (χ3v) is 1.96. The van der Waals surface area contributed by atoms with Gasteiger partial charge < -0.3 is 9.94 Å². The number of benzene rings is 1. The van der Waals surface area contributed by atoms with Crippen molar-refractivity contribution in [2.75, 3.05) is 6.61 Å². The largest absolute Gasteiger partial charge is 0.508 e. The summed E-state index contributed by atoms with van der Waals surface area (Å²) in [6, 6.07) is 5.25. The van der Waals surface area contributed by atoms with E-state index in [0.717, 1.165) is 16.8 Å². The van der Waals surface area contributed by atoms with Gasteiger partial charge in [0.25, 0.3) is 0 Å². The van der Waals surface area contributed by atoms with Gasteiger partial charge in [-0.3, -0.25) is 0 Å². The van der Waals surface area contributed by atoms with E-state index >= 15 is 0 Å². The maximum atomic E-state index is 9.34. The molecule has 0 fully saturated rings. The quantitative estimate of drug-likeness (QED) is 0.353. The van der Waals surface area contributed by atoms with Crippen LogP contribution in [-0.4, -0.2) is 17.4 Å². The van der Waals surface area contributed by atoms with Crippen molar-refractivity contribution < 1.29 is 9.94 Å². The molecule has 1 rings (SSSR count). The molecule has 0 aromatic heterocycles. The van der Waals surface area contributed by atoms with Crippen LogP contribution < -0.4 is 0 Å². The molecule has 3 nitrogen and oxygen atoms in total. The molecule has 0 saturated carbocycles. The van der Waals surface area contributed by atoms with Crippen molar-refractivity contribution in [1.82, 2.24) is 0 Å². The summed E-state index contributed by atoms with van der Waals surface area (Å²) in [6.45, 7) is 3.81. The van der Waals surface area contributed by atoms with Crippen molar-refractivity contribution in [1.29, 1.82) is 0 Å². The van der Waals surface area contributed by atoms with Gasteiger partial charge in [0, 0.05) is 0 Å². The summed E-state index contributed by atoms with van der Waals surface area (Å²) in [4.78, 5) is 4.86. The first-order valence-electron chi connectivity index (χ1n) is 4.55. The summed E-state index contributed by atoms with van der Waals surface area (Å²) in [5.41, 5.74) is 2.44. The molecule has 1 aromatic rings. The number of rotatable bonds is 3. The Hall–Kier alpha value is -1.95. The first kappa shape index (κ1) is 11.1. The third-order valence-electron chi connectivity index (χ3n) is 1.96. The van der Waals surface area contributed by atoms with E-state index in [1.807, 2.05) is 19.9 Å². The molecule has 0 saturated heterocycles. The topological polar surface area (TPSA) is 41.8 Å². The van der Waals surface area contributed by atoms with E-state index in [1.54, 1.807) is 12.1 Å². The zero-order valence-electron chi connectivity index (χ0n) is 8.82. The Balaban J connectivity index is 2.83. The maximum Gasteiger partial charge on any atom is 0.177 e. The summed E-state index contributed by atoms with van der Waals surface area (Å²) < 4.78 is 0. The minimum Gasteiger partial charge on any atom is -0.508 e. The van der Waals surface area contributed by atoms with Crippen LogP contribution in [0.5, 0.6) is 5.75 Å². The molecule has 3 heteroatoms. The first-order valence-corrected chi connectivity index (χ1v) is 4.55. The maximum absolute atomic E-state index is 9.34. The molecular weight excluding hydrogens is 190 g/mol. The second-order valence-electron chi connectivity index (χ2n) is 3.16. The molecule has 0 spiro atoms. The summed E-state index contributed by atoms with van der Waals surface area (Å²) in [6.07, 6.45) is 5.02. The Labute approximate surface area is 89.4 Å². The van der Waals surface area contributed by atoms with E-state index < -0.39 is 0 Å². The van der Waals surface area contributed by atoms with Crippen LogP contribution in [0.25, 0.3) is 0 Å². The van der Waals surface area contributed by atoms with Gasteiger partial charge in [0.05, 0.1) is 5.71 Å². The monoisotopic (exact) mass is 203 g/mol. The Bertz CT molecular complexity index is 416. The zero-order valence-corrected chi connectivity index (χ0v) is 8.82. The SMILES string of the molecule is C#CCON=C(C)c1ccc(O)c(C)c1. The van der Waals surface area contributed by atoms with Crippen molar-refractivity contribution in [2.45, 2.75) is 13.8 Å². The Kier molecular flexibility index (Phi) is 3.75. The molecule has 0 aliphatic rings. The lowest BCUT2D eigenvalue weighted by Gasteiger charge is -2.03. The van der Waals surface area contributed by atoms with Crippen molar-refractivity contribution in [2.24, 2.45) is 5.16 Å². The highest BCUT2D eigenvalue weighted by Gasteiger charge is 2.01. The van der Waals surface area contributed by atoms with Gasteiger partial charge in [0.15, 0.2) is 6.61 Å². The molecule has 0 amide bonds. The van der Waals surface area contributed by atoms with Crippen molar-refractivity contribution in [3.05, 3.63) is 29.3 Å². The van der Waals surface area contributed by atoms with Crippen LogP contribution in [0.4, 0.5) is 0 Å². The van der Waals surface area contributed by atoms with Crippen LogP contribution in [0.1, 0.15) is 18.1 Å². The highest BCUT2D eigenvalue weighted by molar-refractivity contribution is 5.98. The minimum absolute atomic E-state index is 0.161. The molecule has 0 aliphatic carbocycles. The second-order valence-corrected chi connectivity index (χ2v) is 3.16. The molecule has 0 radical (unpaired) electrons. The third kappa shape index (κ3) is 3.03. The standard InChI is InChI=1S/C12H13NO2/c1-4-7-15-13-10(3)11-5-6-12(14)9(2)8-11/h1,5-6,8,14H,7H2,2-3H3. The highest BCUT2D eigenvalue weighted by atomic mass is 16.6. The molecule has 15 heavy (non-hydrogen) atoms. The number of oxime groups is 1. The Morgan fingerprint density at radius 3 is 2.93 bits per heavy atom. The molecule has 0 heterocycles. The van der Waals surface area contributed by atoms with E-state index in [-0.39, 0.29) is 12.4 Å². The number of aromatic hydroxyl groups is 1. The molecule has 0 aliphatic heterocycles. The average Bonchev–Trinajstić information content (AvgIpc) is 2.22. The smallest absolute Gasteiger partial charge is 0.177 e. The summed E-state index contributed by atoms with van der Waals surface area (Å²) >= 11 is 0. The van der Waals surface area contributed by atoms with Crippen molar-refractivity contribution >= 4 is 5.71 Å². The Morgan fingerprint density at radius 2 is 2.33 bits per heavy atom. The van der Waals surface area contributed by atoms with Crippen LogP contribution in [0.3, 0.4) is 0 Å². The first-order chi connectivity index (χ1) is 7.15. The number of hydrogen-bond acceptors (Lipinski definition) is 3. The highest BCUT2D eigenvalue weighted by Crippen LogP contribution is 2.17. The van der Waals surface area contributed by atoms with Gasteiger partial charge >= 0.3 is 0 Å². The van der Waals surface area contributed by atoms with Gasteiger partial charge in [-0.25, -0.2) is 0 Å². The number of phenols is 1. The van der Waals surface area contributed by atoms with Crippen LogP contribution in [0.2, 0.25) is 0 Å². The fraction of sp³-hybridized carbons (Fsp3) is 0.250. The van der Waals surface area contributed by atoms with Crippen LogP contribution in [-0.2, 0) is 4.84 Å². The predicted molar refractivity (Wildman–Crippen MR) is 59.8 cm³/mol. The van der Waals surface area contributed by atoms with E-state index in [9.17, 15) is 5.11 Å². The van der Waals surface area contributed by atoms with Gasteiger partial charge in [-0.2, -0.15) is 0 Å². The lowest BCUT2D eigenvalue weighted by Crippen LogP contribution is -1.97. The fourth-order valence-electron chi connectivity index (χ4n) is 1.10. The molecular formula is C12H13NO2. The normalized spacial score (nSPS) is 10.9. The van der Waals surface area contributed by atoms with Crippen LogP contribution in [0.15, 0.2) is 23.4 Å². The van der Waals surface area contributed by atoms with Crippen LogP contribution >= 0.6 is 0 Å². The van der Waals surface area contributed by atoms with E-state index in [0.29, 0.717) is 0 Å². The number of hydrogen-bond donors (Lipinski definition) is 1. The van der Waals surface area contributed by atoms with Gasteiger partial charge in [-0.15, -0.1) is 6.42 Å². The predicted octanol–water partition coefficient (Wildman–Crippen LogP) is 2.07. The average molecular weight is 203 g/mol. The minimum atomic E-state index is 0.161. The van der Waals surface area contributed by atoms with Gasteiger partial charge in [-0.05, 0) is 43.2 Å². The summed E-state index contributed by atoms with van der Waals surface area (Å²) in [5, 5.41) is 13.2. The molecule has 0 unspecified atom stereocenters. The lowest BCUT2D eigenvalue weighted by molar-refractivity contribution is 0.180. The van der Waals surface area contributed by atoms with E-state index in [4.69, 9.17) is 11.3 Å². The molecule has 1 aromatic carbocycles. The van der Waals surface area contributed by atoms with E-state index in [1.165, 1.54) is 0 Å². The summed E-state index contributed by atoms with van der Waals surface area (Å²) in [5.74, 6) is 2.60. The molecule has 78 valence electrons. The number of terminal acetylenes is 1. The van der Waals surface area contributed by atoms with Gasteiger partial charge in [-0.1, -0.05) is 11.1 Å².